The molecule has 3 aliphatic rings. The van der Waals surface area contributed by atoms with Crippen LogP contribution < -0.4 is 10.7 Å². The molecule has 35 heavy (non-hydrogen) atoms. The van der Waals surface area contributed by atoms with Crippen LogP contribution >= 0.6 is 0 Å². The Labute approximate surface area is 210 Å². The van der Waals surface area contributed by atoms with E-state index in [1.807, 2.05) is 20.6 Å². The van der Waals surface area contributed by atoms with Crippen LogP contribution in [0.4, 0.5) is 0 Å². The van der Waals surface area contributed by atoms with Gasteiger partial charge in [0.2, 0.25) is 11.8 Å². The zero-order valence-electron chi connectivity index (χ0n) is 21.9. The summed E-state index contributed by atoms with van der Waals surface area (Å²) in [7, 11) is 0. The molecule has 8 nitrogen and oxygen atoms in total. The van der Waals surface area contributed by atoms with Gasteiger partial charge in [-0.2, -0.15) is 0 Å². The van der Waals surface area contributed by atoms with Gasteiger partial charge in [0.05, 0.1) is 25.2 Å². The maximum absolute atomic E-state index is 12.8. The highest BCUT2D eigenvalue weighted by molar-refractivity contribution is 5.86. The smallest absolute Gasteiger partial charge is 0.239 e. The van der Waals surface area contributed by atoms with E-state index < -0.39 is 0 Å². The molecule has 3 aliphatic heterocycles. The van der Waals surface area contributed by atoms with Crippen molar-refractivity contribution in [3.63, 3.8) is 0 Å². The molecular weight excluding hydrogens is 442 g/mol. The van der Waals surface area contributed by atoms with Gasteiger partial charge in [-0.15, -0.1) is 0 Å². The fourth-order valence-corrected chi connectivity index (χ4v) is 4.74. The normalized spacial score (nSPS) is 21.6. The third-order valence-electron chi connectivity index (χ3n) is 6.49. The summed E-state index contributed by atoms with van der Waals surface area (Å²) < 4.78 is 0. The van der Waals surface area contributed by atoms with Crippen molar-refractivity contribution in [2.75, 3.05) is 39.3 Å². The van der Waals surface area contributed by atoms with Gasteiger partial charge in [0.1, 0.15) is 6.79 Å². The van der Waals surface area contributed by atoms with E-state index in [0.717, 1.165) is 19.5 Å². The van der Waals surface area contributed by atoms with Crippen molar-refractivity contribution in [1.29, 1.82) is 0 Å². The summed E-state index contributed by atoms with van der Waals surface area (Å²) in [6.07, 6.45) is 7.04. The zero-order valence-corrected chi connectivity index (χ0v) is 21.9. The number of amides is 2. The summed E-state index contributed by atoms with van der Waals surface area (Å²) in [6.45, 7) is 13.7. The minimum Gasteiger partial charge on any atom is -0.353 e. The fourth-order valence-electron chi connectivity index (χ4n) is 4.74. The van der Waals surface area contributed by atoms with Crippen LogP contribution in [-0.4, -0.2) is 78.7 Å². The summed E-state index contributed by atoms with van der Waals surface area (Å²) in [4.78, 5) is 36.5. The molecule has 1 aromatic rings. The average Bonchev–Trinajstić information content (AvgIpc) is 3.31. The number of piperazine rings is 2. The molecular formula is C27H43N5O3. The van der Waals surface area contributed by atoms with Gasteiger partial charge in [-0.25, -0.2) is 5.43 Å². The Hall–Kier alpha value is -2.71. The monoisotopic (exact) mass is 485 g/mol. The predicted octanol–water partition coefficient (Wildman–Crippen LogP) is 2.80. The maximum atomic E-state index is 12.8. The van der Waals surface area contributed by atoms with Gasteiger partial charge in [-0.1, -0.05) is 69.9 Å². The Morgan fingerprint density at radius 3 is 2.49 bits per heavy atom. The molecule has 0 aliphatic carbocycles. The number of nitrogens with one attached hydrogen (secondary N) is 2. The molecule has 0 saturated carbocycles. The SMILES string of the molecule is C=O.CC.CCCCCC1CN(CC(=O)N2CCNC(=O)C2)CC2=CC(c3ccc(C)cc3)NN21. The van der Waals surface area contributed by atoms with Crippen LogP contribution in [0, 0.1) is 6.92 Å². The lowest BCUT2D eigenvalue weighted by Gasteiger charge is -2.42. The lowest BCUT2D eigenvalue weighted by molar-refractivity contribution is -0.139. The zero-order chi connectivity index (χ0) is 25.8. The van der Waals surface area contributed by atoms with E-state index >= 15 is 0 Å². The molecule has 2 unspecified atom stereocenters. The van der Waals surface area contributed by atoms with E-state index in [0.29, 0.717) is 25.7 Å². The summed E-state index contributed by atoms with van der Waals surface area (Å²) >= 11 is 0. The number of unbranched alkanes of at least 4 members (excludes halogenated alkanes) is 2. The van der Waals surface area contributed by atoms with Gasteiger partial charge < -0.3 is 20.0 Å². The minimum atomic E-state index is -0.0643. The van der Waals surface area contributed by atoms with E-state index in [2.05, 4.69) is 64.8 Å². The minimum absolute atomic E-state index is 0.0530. The molecule has 2 fully saturated rings. The molecule has 0 radical (unpaired) electrons. The molecule has 0 aromatic heterocycles. The summed E-state index contributed by atoms with van der Waals surface area (Å²) in [6, 6.07) is 9.22. The second-order valence-electron chi connectivity index (χ2n) is 9.03. The molecule has 3 heterocycles. The quantitative estimate of drug-likeness (QED) is 0.578. The Bertz CT molecular complexity index is 842. The lowest BCUT2D eigenvalue weighted by Crippen LogP contribution is -2.57. The van der Waals surface area contributed by atoms with Crippen molar-refractivity contribution in [1.82, 2.24) is 25.6 Å². The van der Waals surface area contributed by atoms with E-state index in [1.165, 1.54) is 36.1 Å². The van der Waals surface area contributed by atoms with Crippen molar-refractivity contribution < 1.29 is 14.4 Å². The maximum Gasteiger partial charge on any atom is 0.239 e. The molecule has 4 rings (SSSR count). The third-order valence-corrected chi connectivity index (χ3v) is 6.49. The van der Waals surface area contributed by atoms with Gasteiger partial charge in [0, 0.05) is 31.9 Å². The van der Waals surface area contributed by atoms with Crippen LogP contribution in [0.25, 0.3) is 0 Å². The van der Waals surface area contributed by atoms with Crippen LogP contribution in [0.1, 0.15) is 63.6 Å². The average molecular weight is 486 g/mol. The van der Waals surface area contributed by atoms with Crippen molar-refractivity contribution in [3.8, 4) is 0 Å². The molecule has 8 heteroatoms. The summed E-state index contributed by atoms with van der Waals surface area (Å²) in [5, 5.41) is 5.15. The van der Waals surface area contributed by atoms with E-state index in [-0.39, 0.29) is 24.4 Å². The Balaban J connectivity index is 0.00000103. The van der Waals surface area contributed by atoms with Crippen molar-refractivity contribution in [2.24, 2.45) is 0 Å². The predicted molar refractivity (Wildman–Crippen MR) is 139 cm³/mol. The summed E-state index contributed by atoms with van der Waals surface area (Å²) in [5.74, 6) is -0.0113. The number of hydrogen-bond donors (Lipinski definition) is 2. The van der Waals surface area contributed by atoms with Crippen LogP contribution in [0.2, 0.25) is 0 Å². The van der Waals surface area contributed by atoms with Gasteiger partial charge in [0.25, 0.3) is 0 Å². The third kappa shape index (κ3) is 7.90. The fraction of sp³-hybridized carbons (Fsp3) is 0.593. The first-order valence-corrected chi connectivity index (χ1v) is 12.9. The Morgan fingerprint density at radius 2 is 1.83 bits per heavy atom. The summed E-state index contributed by atoms with van der Waals surface area (Å²) in [5.41, 5.74) is 7.50. The second kappa shape index (κ2) is 14.6. The largest absolute Gasteiger partial charge is 0.353 e. The van der Waals surface area contributed by atoms with Gasteiger partial charge in [0.15, 0.2) is 0 Å². The molecule has 2 saturated heterocycles. The molecule has 2 N–H and O–H groups in total. The molecule has 0 spiro atoms. The van der Waals surface area contributed by atoms with Crippen molar-refractivity contribution >= 4 is 18.6 Å². The first kappa shape index (κ1) is 28.5. The van der Waals surface area contributed by atoms with E-state index in [9.17, 15) is 9.59 Å². The second-order valence-corrected chi connectivity index (χ2v) is 9.03. The molecule has 1 aromatic carbocycles. The molecule has 194 valence electrons. The van der Waals surface area contributed by atoms with Crippen LogP contribution in [-0.2, 0) is 14.4 Å². The molecule has 0 bridgehead atoms. The highest BCUT2D eigenvalue weighted by atomic mass is 16.2. The number of hydrazine groups is 1. The molecule has 2 amide bonds. The van der Waals surface area contributed by atoms with Gasteiger partial charge in [-0.3, -0.25) is 14.5 Å². The van der Waals surface area contributed by atoms with Crippen LogP contribution in [0.5, 0.6) is 0 Å². The lowest BCUT2D eigenvalue weighted by atomic mass is 10.0. The van der Waals surface area contributed by atoms with Gasteiger partial charge >= 0.3 is 0 Å². The highest BCUT2D eigenvalue weighted by Gasteiger charge is 2.36. The first-order valence-electron chi connectivity index (χ1n) is 12.9. The van der Waals surface area contributed by atoms with Gasteiger partial charge in [-0.05, 0) is 25.0 Å². The topological polar surface area (TPSA) is 85.0 Å². The highest BCUT2D eigenvalue weighted by Crippen LogP contribution is 2.31. The first-order chi connectivity index (χ1) is 17.0. The van der Waals surface area contributed by atoms with E-state index in [4.69, 9.17) is 4.79 Å². The standard InChI is InChI=1S/C24H35N5O2.C2H6.CH2O/c1-3-4-5-6-20-14-27(17-24(31)28-12-11-25-23(30)16-28)15-21-13-22(26-29(20)21)19-9-7-18(2)8-10-19;2*1-2/h7-10,13,20,22,26H,3-6,11-12,14-17H2,1-2H3,(H,25,30);1-2H3;1H2. The number of carbonyl (C=O) groups is 3. The van der Waals surface area contributed by atoms with Crippen molar-refractivity contribution in [2.45, 2.75) is 65.5 Å². The number of nitrogens with zero attached hydrogens (tertiary/aromatic N) is 3. The van der Waals surface area contributed by atoms with Crippen LogP contribution in [0.15, 0.2) is 36.0 Å². The number of aryl methyl sites for hydroxylation is 1. The molecule has 2 atom stereocenters. The Morgan fingerprint density at radius 1 is 1.11 bits per heavy atom. The van der Waals surface area contributed by atoms with Crippen molar-refractivity contribution in [3.05, 3.63) is 47.2 Å². The Kier molecular flexibility index (Phi) is 11.9. The number of carbonyl (C=O) groups excluding carboxylic acids is 3. The number of fused-ring (bicyclic) bond motifs is 1. The number of hydrogen-bond acceptors (Lipinski definition) is 6. The van der Waals surface area contributed by atoms with Crippen LogP contribution in [0.3, 0.4) is 0 Å². The number of benzene rings is 1. The number of rotatable bonds is 7. The van der Waals surface area contributed by atoms with E-state index in [1.54, 1.807) is 4.90 Å².